The van der Waals surface area contributed by atoms with Crippen LogP contribution in [0.2, 0.25) is 0 Å². The van der Waals surface area contributed by atoms with Crippen molar-refractivity contribution in [3.63, 3.8) is 0 Å². The minimum absolute atomic E-state index is 0.122. The third kappa shape index (κ3) is 5.01. The zero-order valence-electron chi connectivity index (χ0n) is 14.3. The predicted molar refractivity (Wildman–Crippen MR) is 97.8 cm³/mol. The van der Waals surface area contributed by atoms with E-state index in [4.69, 9.17) is 0 Å². The summed E-state index contributed by atoms with van der Waals surface area (Å²) in [5.74, 6) is -0.807. The molecule has 25 heavy (non-hydrogen) atoms. The molecule has 0 aliphatic carbocycles. The highest BCUT2D eigenvalue weighted by molar-refractivity contribution is 6.07. The van der Waals surface area contributed by atoms with Crippen molar-refractivity contribution in [3.05, 3.63) is 71.6 Å². The second-order valence-electron chi connectivity index (χ2n) is 5.40. The van der Waals surface area contributed by atoms with Crippen LogP contribution in [0.4, 0.5) is 10.1 Å². The van der Waals surface area contributed by atoms with E-state index in [1.54, 1.807) is 47.4 Å². The second kappa shape index (κ2) is 8.78. The van der Waals surface area contributed by atoms with Crippen molar-refractivity contribution in [2.24, 2.45) is 0 Å². The number of amides is 2. The molecule has 0 atom stereocenters. The summed E-state index contributed by atoms with van der Waals surface area (Å²) in [4.78, 5) is 26.4. The molecule has 0 aliphatic heterocycles. The Labute approximate surface area is 147 Å². The fourth-order valence-electron chi connectivity index (χ4n) is 2.38. The maximum atomic E-state index is 12.9. The van der Waals surface area contributed by atoms with Crippen molar-refractivity contribution in [1.82, 2.24) is 4.90 Å². The largest absolute Gasteiger partial charge is 0.339 e. The maximum Gasteiger partial charge on any atom is 0.255 e. The van der Waals surface area contributed by atoms with Crippen molar-refractivity contribution in [3.8, 4) is 0 Å². The Morgan fingerprint density at radius 1 is 1.04 bits per heavy atom. The molecule has 2 amide bonds. The van der Waals surface area contributed by atoms with Gasteiger partial charge in [-0.05, 0) is 49.8 Å². The van der Waals surface area contributed by atoms with Crippen molar-refractivity contribution in [1.29, 1.82) is 0 Å². The lowest BCUT2D eigenvalue weighted by atomic mass is 10.1. The molecular formula is C20H21FN2O2. The first-order valence-electron chi connectivity index (χ1n) is 8.18. The van der Waals surface area contributed by atoms with Crippen molar-refractivity contribution in [2.45, 2.75) is 13.8 Å². The van der Waals surface area contributed by atoms with Crippen molar-refractivity contribution >= 4 is 23.6 Å². The van der Waals surface area contributed by atoms with E-state index in [9.17, 15) is 14.0 Å². The Kier molecular flexibility index (Phi) is 6.46. The number of carbonyl (C=O) groups excluding carboxylic acids is 2. The fraction of sp³-hybridized carbons (Fsp3) is 0.200. The van der Waals surface area contributed by atoms with Gasteiger partial charge in [0.25, 0.3) is 5.91 Å². The van der Waals surface area contributed by atoms with E-state index >= 15 is 0 Å². The normalized spacial score (nSPS) is 10.7. The highest BCUT2D eigenvalue weighted by Gasteiger charge is 2.16. The average molecular weight is 340 g/mol. The molecule has 0 unspecified atom stereocenters. The minimum Gasteiger partial charge on any atom is -0.339 e. The van der Waals surface area contributed by atoms with Gasteiger partial charge in [-0.1, -0.05) is 24.3 Å². The Bertz CT molecular complexity index is 766. The van der Waals surface area contributed by atoms with E-state index in [0.29, 0.717) is 29.9 Å². The maximum absolute atomic E-state index is 12.9. The van der Waals surface area contributed by atoms with Crippen molar-refractivity contribution < 1.29 is 14.0 Å². The highest BCUT2D eigenvalue weighted by atomic mass is 19.1. The number of hydrogen-bond acceptors (Lipinski definition) is 2. The summed E-state index contributed by atoms with van der Waals surface area (Å²) < 4.78 is 12.9. The van der Waals surface area contributed by atoms with E-state index in [0.717, 1.165) is 0 Å². The van der Waals surface area contributed by atoms with Crippen LogP contribution in [-0.4, -0.2) is 29.8 Å². The number of nitrogens with zero attached hydrogens (tertiary/aromatic N) is 1. The molecule has 2 rings (SSSR count). The lowest BCUT2D eigenvalue weighted by molar-refractivity contribution is -0.111. The third-order valence-electron chi connectivity index (χ3n) is 3.76. The van der Waals surface area contributed by atoms with Crippen LogP contribution in [0, 0.1) is 5.82 Å². The molecule has 0 fully saturated rings. The molecule has 130 valence electrons. The lowest BCUT2D eigenvalue weighted by Crippen LogP contribution is -2.31. The van der Waals surface area contributed by atoms with Gasteiger partial charge in [-0.25, -0.2) is 4.39 Å². The summed E-state index contributed by atoms with van der Waals surface area (Å²) in [6.45, 7) is 5.02. The van der Waals surface area contributed by atoms with E-state index in [2.05, 4.69) is 5.32 Å². The molecule has 0 spiro atoms. The number of carbonyl (C=O) groups is 2. The summed E-state index contributed by atoms with van der Waals surface area (Å²) in [5, 5.41) is 2.73. The van der Waals surface area contributed by atoms with Gasteiger partial charge in [-0.2, -0.15) is 0 Å². The van der Waals surface area contributed by atoms with Gasteiger partial charge in [0.2, 0.25) is 5.91 Å². The second-order valence-corrected chi connectivity index (χ2v) is 5.40. The van der Waals surface area contributed by atoms with E-state index in [1.807, 2.05) is 13.8 Å². The van der Waals surface area contributed by atoms with Gasteiger partial charge in [-0.15, -0.1) is 0 Å². The molecule has 2 aromatic carbocycles. The van der Waals surface area contributed by atoms with Crippen molar-refractivity contribution in [2.75, 3.05) is 18.4 Å². The molecule has 4 nitrogen and oxygen atoms in total. The summed E-state index contributed by atoms with van der Waals surface area (Å²) >= 11 is 0. The quantitative estimate of drug-likeness (QED) is 0.809. The molecule has 0 radical (unpaired) electrons. The Morgan fingerprint density at radius 2 is 1.68 bits per heavy atom. The van der Waals surface area contributed by atoms with Gasteiger partial charge in [0.15, 0.2) is 0 Å². The summed E-state index contributed by atoms with van der Waals surface area (Å²) in [5.41, 5.74) is 1.63. The summed E-state index contributed by atoms with van der Waals surface area (Å²) in [6, 6.07) is 12.7. The molecule has 0 heterocycles. The first kappa shape index (κ1) is 18.4. The van der Waals surface area contributed by atoms with Gasteiger partial charge in [0, 0.05) is 19.2 Å². The van der Waals surface area contributed by atoms with Gasteiger partial charge in [-0.3, -0.25) is 9.59 Å². The Morgan fingerprint density at radius 3 is 2.32 bits per heavy atom. The zero-order valence-corrected chi connectivity index (χ0v) is 14.3. The van der Waals surface area contributed by atoms with Gasteiger partial charge in [0.1, 0.15) is 5.82 Å². The number of anilines is 1. The number of rotatable bonds is 6. The number of nitrogens with one attached hydrogen (secondary N) is 1. The Balaban J connectivity index is 2.13. The molecule has 0 saturated carbocycles. The number of hydrogen-bond donors (Lipinski definition) is 1. The SMILES string of the molecule is CCN(CC)C(=O)c1ccccc1NC(=O)/C=C/c1ccc(F)cc1. The van der Waals surface area contributed by atoms with Gasteiger partial charge in [0.05, 0.1) is 11.3 Å². The van der Waals surface area contributed by atoms with Crippen LogP contribution in [0.1, 0.15) is 29.8 Å². The van der Waals surface area contributed by atoms with Crippen LogP contribution in [0.15, 0.2) is 54.6 Å². The van der Waals surface area contributed by atoms with Crippen LogP contribution in [0.3, 0.4) is 0 Å². The zero-order chi connectivity index (χ0) is 18.2. The number of halogens is 1. The molecule has 0 aliphatic rings. The first-order valence-corrected chi connectivity index (χ1v) is 8.18. The van der Waals surface area contributed by atoms with E-state index < -0.39 is 0 Å². The monoisotopic (exact) mass is 340 g/mol. The highest BCUT2D eigenvalue weighted by Crippen LogP contribution is 2.17. The predicted octanol–water partition coefficient (Wildman–Crippen LogP) is 3.96. The molecule has 0 aromatic heterocycles. The smallest absolute Gasteiger partial charge is 0.255 e. The Hall–Kier alpha value is -2.95. The lowest BCUT2D eigenvalue weighted by Gasteiger charge is -2.20. The van der Waals surface area contributed by atoms with Crippen LogP contribution in [0.5, 0.6) is 0 Å². The van der Waals surface area contributed by atoms with Crippen LogP contribution in [-0.2, 0) is 4.79 Å². The molecule has 0 bridgehead atoms. The number of benzene rings is 2. The number of para-hydroxylation sites is 1. The minimum atomic E-state index is -0.357. The van der Waals surface area contributed by atoms with E-state index in [-0.39, 0.29) is 17.6 Å². The molecule has 0 saturated heterocycles. The fourth-order valence-corrected chi connectivity index (χ4v) is 2.38. The molecule has 5 heteroatoms. The average Bonchev–Trinajstić information content (AvgIpc) is 2.62. The van der Waals surface area contributed by atoms with Gasteiger partial charge < -0.3 is 10.2 Å². The summed E-state index contributed by atoms with van der Waals surface area (Å²) in [6.07, 6.45) is 2.94. The van der Waals surface area contributed by atoms with Gasteiger partial charge >= 0.3 is 0 Å². The molecule has 2 aromatic rings. The third-order valence-corrected chi connectivity index (χ3v) is 3.76. The standard InChI is InChI=1S/C20H21FN2O2/c1-3-23(4-2)20(25)17-7-5-6-8-18(17)22-19(24)14-11-15-9-12-16(21)13-10-15/h5-14H,3-4H2,1-2H3,(H,22,24)/b14-11+. The van der Waals surface area contributed by atoms with Crippen LogP contribution < -0.4 is 5.32 Å². The van der Waals surface area contributed by atoms with E-state index in [1.165, 1.54) is 18.2 Å². The topological polar surface area (TPSA) is 49.4 Å². The van der Waals surface area contributed by atoms with Crippen LogP contribution >= 0.6 is 0 Å². The molecular weight excluding hydrogens is 319 g/mol. The van der Waals surface area contributed by atoms with Crippen LogP contribution in [0.25, 0.3) is 6.08 Å². The first-order chi connectivity index (χ1) is 12.0. The summed E-state index contributed by atoms with van der Waals surface area (Å²) in [7, 11) is 0. The molecule has 1 N–H and O–H groups in total.